The SMILES string of the molecule is C=C[C@@H]1C(=O)NN=C2COc3cc(C(F)(F)F)c(C(C)C4(C)CN(C(=O)OC(C)(C)C)C4)cc3N21. The van der Waals surface area contributed by atoms with Crippen molar-refractivity contribution in [1.82, 2.24) is 10.3 Å². The molecule has 1 fully saturated rings. The number of hydrazone groups is 1. The van der Waals surface area contributed by atoms with Gasteiger partial charge in [0.1, 0.15) is 24.0 Å². The molecule has 0 bridgehead atoms. The fraction of sp³-hybridized carbons (Fsp3) is 0.542. The van der Waals surface area contributed by atoms with Gasteiger partial charge < -0.3 is 19.3 Å². The van der Waals surface area contributed by atoms with Gasteiger partial charge in [0.25, 0.3) is 5.91 Å². The first kappa shape index (κ1) is 24.9. The number of nitrogens with zero attached hydrogens (tertiary/aromatic N) is 3. The second kappa shape index (κ2) is 8.17. The summed E-state index contributed by atoms with van der Waals surface area (Å²) < 4.78 is 53.5. The molecule has 2 amide bonds. The Bertz CT molecular complexity index is 1100. The molecule has 1 aromatic rings. The molecular formula is C24H29F3N4O4. The van der Waals surface area contributed by atoms with E-state index < -0.39 is 46.7 Å². The Morgan fingerprint density at radius 2 is 2.00 bits per heavy atom. The topological polar surface area (TPSA) is 83.5 Å². The number of carbonyl (C=O) groups excluding carboxylic acids is 2. The molecule has 1 aromatic carbocycles. The predicted molar refractivity (Wildman–Crippen MR) is 123 cm³/mol. The van der Waals surface area contributed by atoms with E-state index in [1.54, 1.807) is 32.6 Å². The Morgan fingerprint density at radius 3 is 2.57 bits per heavy atom. The molecule has 0 spiro atoms. The summed E-state index contributed by atoms with van der Waals surface area (Å²) >= 11 is 0. The predicted octanol–water partition coefficient (Wildman–Crippen LogP) is 4.26. The third-order valence-corrected chi connectivity index (χ3v) is 6.66. The zero-order valence-corrected chi connectivity index (χ0v) is 20.3. The van der Waals surface area contributed by atoms with E-state index >= 15 is 0 Å². The maximum atomic E-state index is 14.2. The molecule has 190 valence electrons. The molecular weight excluding hydrogens is 465 g/mol. The summed E-state index contributed by atoms with van der Waals surface area (Å²) in [6.45, 7) is 12.9. The van der Waals surface area contributed by atoms with Crippen molar-refractivity contribution in [1.29, 1.82) is 0 Å². The van der Waals surface area contributed by atoms with Crippen LogP contribution in [-0.4, -0.2) is 54.1 Å². The van der Waals surface area contributed by atoms with E-state index in [9.17, 15) is 22.8 Å². The van der Waals surface area contributed by atoms with Crippen molar-refractivity contribution in [2.75, 3.05) is 24.6 Å². The summed E-state index contributed by atoms with van der Waals surface area (Å²) in [6, 6.07) is 1.57. The van der Waals surface area contributed by atoms with Crippen LogP contribution >= 0.6 is 0 Å². The minimum absolute atomic E-state index is 0.0166. The van der Waals surface area contributed by atoms with Gasteiger partial charge in [0.15, 0.2) is 5.84 Å². The largest absolute Gasteiger partial charge is 0.483 e. The fourth-order valence-corrected chi connectivity index (χ4v) is 4.69. The summed E-state index contributed by atoms with van der Waals surface area (Å²) in [6.07, 6.45) is -3.71. The van der Waals surface area contributed by atoms with Crippen molar-refractivity contribution >= 4 is 23.5 Å². The van der Waals surface area contributed by atoms with Gasteiger partial charge in [0, 0.05) is 18.5 Å². The normalized spacial score (nSPS) is 22.0. The van der Waals surface area contributed by atoms with Gasteiger partial charge in [0.05, 0.1) is 11.3 Å². The number of carbonyl (C=O) groups is 2. The lowest BCUT2D eigenvalue weighted by Gasteiger charge is -2.51. The van der Waals surface area contributed by atoms with Crippen LogP contribution in [-0.2, 0) is 15.7 Å². The highest BCUT2D eigenvalue weighted by Gasteiger charge is 2.50. The van der Waals surface area contributed by atoms with Crippen LogP contribution in [0.15, 0.2) is 29.9 Å². The molecule has 1 saturated heterocycles. The molecule has 0 aromatic heterocycles. The van der Waals surface area contributed by atoms with E-state index in [1.165, 1.54) is 17.0 Å². The van der Waals surface area contributed by atoms with Gasteiger partial charge >= 0.3 is 12.3 Å². The van der Waals surface area contributed by atoms with E-state index in [0.717, 1.165) is 6.07 Å². The second-order valence-electron chi connectivity index (χ2n) is 10.5. The van der Waals surface area contributed by atoms with Crippen LogP contribution in [0.5, 0.6) is 5.75 Å². The van der Waals surface area contributed by atoms with Gasteiger partial charge in [-0.15, -0.1) is 6.58 Å². The number of amides is 2. The molecule has 3 aliphatic heterocycles. The number of halogens is 3. The van der Waals surface area contributed by atoms with Gasteiger partial charge in [-0.3, -0.25) is 4.79 Å². The van der Waals surface area contributed by atoms with Crippen molar-refractivity contribution in [3.05, 3.63) is 35.9 Å². The number of hydrogen-bond acceptors (Lipinski definition) is 6. The van der Waals surface area contributed by atoms with Gasteiger partial charge in [-0.25, -0.2) is 10.2 Å². The van der Waals surface area contributed by atoms with E-state index in [1.807, 2.05) is 6.92 Å². The molecule has 0 aliphatic carbocycles. The van der Waals surface area contributed by atoms with Crippen LogP contribution in [0.25, 0.3) is 0 Å². The van der Waals surface area contributed by atoms with Crippen LogP contribution in [0.2, 0.25) is 0 Å². The number of alkyl halides is 3. The number of hydrogen-bond donors (Lipinski definition) is 1. The van der Waals surface area contributed by atoms with Gasteiger partial charge in [-0.05, 0) is 44.4 Å². The van der Waals surface area contributed by atoms with Crippen LogP contribution in [0.3, 0.4) is 0 Å². The Balaban J connectivity index is 1.71. The Hall–Kier alpha value is -3.24. The molecule has 35 heavy (non-hydrogen) atoms. The number of anilines is 1. The molecule has 0 radical (unpaired) electrons. The average Bonchev–Trinajstić information content (AvgIpc) is 2.73. The maximum absolute atomic E-state index is 14.2. The molecule has 1 unspecified atom stereocenters. The van der Waals surface area contributed by atoms with Crippen molar-refractivity contribution in [2.45, 2.75) is 58.4 Å². The minimum Gasteiger partial charge on any atom is -0.483 e. The Labute approximate surface area is 201 Å². The zero-order chi connectivity index (χ0) is 25.9. The first-order valence-electron chi connectivity index (χ1n) is 11.3. The second-order valence-corrected chi connectivity index (χ2v) is 10.5. The highest BCUT2D eigenvalue weighted by atomic mass is 19.4. The molecule has 4 rings (SSSR count). The lowest BCUT2D eigenvalue weighted by molar-refractivity contribution is -0.139. The van der Waals surface area contributed by atoms with Crippen LogP contribution in [0.4, 0.5) is 23.7 Å². The highest BCUT2D eigenvalue weighted by Crippen LogP contribution is 2.50. The number of benzene rings is 1. The van der Waals surface area contributed by atoms with Crippen LogP contribution < -0.4 is 15.1 Å². The van der Waals surface area contributed by atoms with E-state index in [-0.39, 0.29) is 31.0 Å². The number of nitrogens with one attached hydrogen (secondary N) is 1. The average molecular weight is 495 g/mol. The molecule has 0 saturated carbocycles. The Kier molecular flexibility index (Phi) is 5.80. The van der Waals surface area contributed by atoms with Gasteiger partial charge in [-0.2, -0.15) is 18.3 Å². The van der Waals surface area contributed by atoms with Gasteiger partial charge in [0.2, 0.25) is 0 Å². The summed E-state index contributed by atoms with van der Waals surface area (Å²) in [5, 5.41) is 4.00. The van der Waals surface area contributed by atoms with Gasteiger partial charge in [-0.1, -0.05) is 19.9 Å². The minimum atomic E-state index is -4.63. The summed E-state index contributed by atoms with van der Waals surface area (Å²) in [5.74, 6) is -0.634. The number of amidine groups is 1. The Morgan fingerprint density at radius 1 is 1.34 bits per heavy atom. The molecule has 3 aliphatic rings. The quantitative estimate of drug-likeness (QED) is 0.635. The third kappa shape index (κ3) is 4.43. The van der Waals surface area contributed by atoms with Crippen molar-refractivity contribution < 1.29 is 32.2 Å². The zero-order valence-electron chi connectivity index (χ0n) is 20.3. The van der Waals surface area contributed by atoms with E-state index in [0.29, 0.717) is 11.5 Å². The number of fused-ring (bicyclic) bond motifs is 3. The van der Waals surface area contributed by atoms with Crippen molar-refractivity contribution in [2.24, 2.45) is 10.5 Å². The molecule has 8 nitrogen and oxygen atoms in total. The first-order valence-corrected chi connectivity index (χ1v) is 11.3. The fourth-order valence-electron chi connectivity index (χ4n) is 4.69. The van der Waals surface area contributed by atoms with E-state index in [4.69, 9.17) is 9.47 Å². The van der Waals surface area contributed by atoms with E-state index in [2.05, 4.69) is 17.1 Å². The van der Waals surface area contributed by atoms with Crippen LogP contribution in [0, 0.1) is 5.41 Å². The summed E-state index contributed by atoms with van der Waals surface area (Å²) in [7, 11) is 0. The standard InChI is InChI=1S/C24H29F3N4O4/c1-7-16-20(32)29-28-19-10-34-18-9-15(24(25,26)27)14(8-17(18)31(16)19)13(2)23(6)11-30(12-23)21(33)35-22(3,4)5/h7-9,13,16H,1,10-12H2,2-6H3,(H,29,32)/t13?,16-/m1/s1. The van der Waals surface area contributed by atoms with Crippen LogP contribution in [0.1, 0.15) is 51.7 Å². The summed E-state index contributed by atoms with van der Waals surface area (Å²) in [4.78, 5) is 27.8. The first-order chi connectivity index (χ1) is 16.1. The third-order valence-electron chi connectivity index (χ3n) is 6.66. The molecule has 11 heteroatoms. The lowest BCUT2D eigenvalue weighted by Crippen LogP contribution is -2.60. The number of ether oxygens (including phenoxy) is 2. The maximum Gasteiger partial charge on any atom is 0.416 e. The molecule has 3 heterocycles. The van der Waals surface area contributed by atoms with Crippen molar-refractivity contribution in [3.8, 4) is 5.75 Å². The molecule has 2 atom stereocenters. The number of likely N-dealkylation sites (tertiary alicyclic amines) is 1. The molecule has 1 N–H and O–H groups in total. The lowest BCUT2D eigenvalue weighted by atomic mass is 9.68. The van der Waals surface area contributed by atoms with Crippen molar-refractivity contribution in [3.63, 3.8) is 0 Å². The smallest absolute Gasteiger partial charge is 0.416 e. The highest BCUT2D eigenvalue weighted by molar-refractivity contribution is 6.10. The summed E-state index contributed by atoms with van der Waals surface area (Å²) in [5.41, 5.74) is 0.667. The monoisotopic (exact) mass is 494 g/mol. The number of rotatable bonds is 3.